The van der Waals surface area contributed by atoms with E-state index in [0.29, 0.717) is 17.0 Å². The Hall–Kier alpha value is -2.94. The number of carbonyl (C=O) groups is 2. The molecule has 0 saturated carbocycles. The molecule has 0 spiro atoms. The van der Waals surface area contributed by atoms with E-state index in [4.69, 9.17) is 4.74 Å². The maximum atomic E-state index is 14.3. The van der Waals surface area contributed by atoms with Crippen molar-refractivity contribution in [2.75, 3.05) is 18.1 Å². The molecular weight excluding hydrogens is 380 g/mol. The fourth-order valence-electron chi connectivity index (χ4n) is 3.51. The zero-order valence-electron chi connectivity index (χ0n) is 14.6. The van der Waals surface area contributed by atoms with E-state index in [1.807, 2.05) is 0 Å². The second-order valence-electron chi connectivity index (χ2n) is 6.71. The lowest BCUT2D eigenvalue weighted by molar-refractivity contribution is -0.117. The number of amides is 3. The maximum absolute atomic E-state index is 14.3. The number of hydrogen-bond donors (Lipinski definition) is 0. The lowest BCUT2D eigenvalue weighted by Gasteiger charge is -2.29. The van der Waals surface area contributed by atoms with Crippen LogP contribution in [0.4, 0.5) is 28.0 Å². The summed E-state index contributed by atoms with van der Waals surface area (Å²) in [6, 6.07) is 3.89. The summed E-state index contributed by atoms with van der Waals surface area (Å²) >= 11 is 0. The number of imide groups is 1. The minimum absolute atomic E-state index is 0.0630. The molecule has 0 unspecified atom stereocenters. The molecule has 2 saturated heterocycles. The Morgan fingerprint density at radius 1 is 1.00 bits per heavy atom. The van der Waals surface area contributed by atoms with E-state index in [0.717, 1.165) is 23.1 Å². The summed E-state index contributed by atoms with van der Waals surface area (Å²) in [4.78, 5) is 26.9. The molecule has 2 atom stereocenters. The fourth-order valence-corrected chi connectivity index (χ4v) is 3.51. The van der Waals surface area contributed by atoms with Gasteiger partial charge in [-0.05, 0) is 25.1 Å². The highest BCUT2D eigenvalue weighted by Gasteiger charge is 2.58. The van der Waals surface area contributed by atoms with Crippen LogP contribution in [0.5, 0.6) is 0 Å². The van der Waals surface area contributed by atoms with Gasteiger partial charge in [0.05, 0.1) is 18.3 Å². The van der Waals surface area contributed by atoms with Crippen LogP contribution in [-0.4, -0.2) is 36.0 Å². The van der Waals surface area contributed by atoms with Crippen LogP contribution in [0.1, 0.15) is 12.5 Å². The topological polar surface area (TPSA) is 53.2 Å². The van der Waals surface area contributed by atoms with Gasteiger partial charge < -0.3 is 9.64 Å². The van der Waals surface area contributed by atoms with E-state index >= 15 is 0 Å². The van der Waals surface area contributed by atoms with Crippen LogP contribution in [0.2, 0.25) is 0 Å². The van der Waals surface area contributed by atoms with Gasteiger partial charge in [0.2, 0.25) is 0 Å². The Kier molecular flexibility index (Phi) is 4.15. The number of ether oxygens (including phenoxy) is 1. The van der Waals surface area contributed by atoms with Gasteiger partial charge in [-0.2, -0.15) is 0 Å². The van der Waals surface area contributed by atoms with Crippen molar-refractivity contribution in [3.8, 4) is 0 Å². The molecule has 2 fully saturated rings. The van der Waals surface area contributed by atoms with Gasteiger partial charge >= 0.3 is 6.03 Å². The second-order valence-corrected chi connectivity index (χ2v) is 6.71. The van der Waals surface area contributed by atoms with E-state index in [-0.39, 0.29) is 24.4 Å². The summed E-state index contributed by atoms with van der Waals surface area (Å²) in [5.74, 6) is -4.20. The van der Waals surface area contributed by atoms with Crippen molar-refractivity contribution in [2.45, 2.75) is 18.6 Å². The van der Waals surface area contributed by atoms with Crippen LogP contribution in [0.15, 0.2) is 36.4 Å². The molecule has 2 aliphatic rings. The van der Waals surface area contributed by atoms with Gasteiger partial charge in [0.15, 0.2) is 0 Å². The molecule has 0 bridgehead atoms. The highest BCUT2D eigenvalue weighted by atomic mass is 19.1. The number of rotatable bonds is 4. The average molecular weight is 394 g/mol. The molecule has 2 aromatic rings. The number of benzene rings is 2. The predicted octanol–water partition coefficient (Wildman–Crippen LogP) is 3.33. The lowest BCUT2D eigenvalue weighted by atomic mass is 9.91. The number of carbonyl (C=O) groups excluding carboxylic acids is 2. The van der Waals surface area contributed by atoms with Gasteiger partial charge in [-0.3, -0.25) is 4.79 Å². The van der Waals surface area contributed by atoms with Crippen molar-refractivity contribution >= 4 is 17.6 Å². The van der Waals surface area contributed by atoms with Gasteiger partial charge in [-0.25, -0.2) is 27.3 Å². The van der Waals surface area contributed by atoms with Crippen LogP contribution in [-0.2, 0) is 15.1 Å². The standard InChI is InChI=1S/C19H14F4N2O3/c1-10(19(9-28-19)13-4-2-11(20)6-14(13)22)24-8-17(26)25(18(24)27)16-5-3-12(21)7-15(16)23/h2-7,10H,8-9H2,1H3/t10-,19-/m1/s1. The molecule has 2 aliphatic heterocycles. The Bertz CT molecular complexity index is 993. The summed E-state index contributed by atoms with van der Waals surface area (Å²) in [6.07, 6.45) is 0. The fraction of sp³-hybridized carbons (Fsp3) is 0.263. The zero-order valence-corrected chi connectivity index (χ0v) is 14.6. The van der Waals surface area contributed by atoms with Crippen molar-refractivity contribution in [1.82, 2.24) is 4.90 Å². The molecule has 2 aromatic carbocycles. The number of nitrogens with zero attached hydrogens (tertiary/aromatic N) is 2. The van der Waals surface area contributed by atoms with Gasteiger partial charge in [-0.1, -0.05) is 6.07 Å². The number of hydrogen-bond acceptors (Lipinski definition) is 3. The molecular formula is C19H14F4N2O3. The summed E-state index contributed by atoms with van der Waals surface area (Å²) in [5, 5.41) is 0. The predicted molar refractivity (Wildman–Crippen MR) is 89.4 cm³/mol. The van der Waals surface area contributed by atoms with E-state index in [2.05, 4.69) is 0 Å². The van der Waals surface area contributed by atoms with Crippen LogP contribution in [0.3, 0.4) is 0 Å². The molecule has 0 aliphatic carbocycles. The number of epoxide rings is 1. The van der Waals surface area contributed by atoms with Crippen LogP contribution in [0, 0.1) is 23.3 Å². The smallest absolute Gasteiger partial charge is 0.332 e. The molecule has 0 radical (unpaired) electrons. The minimum atomic E-state index is -1.23. The molecule has 2 heterocycles. The largest absolute Gasteiger partial charge is 0.362 e. The number of anilines is 1. The Balaban J connectivity index is 1.65. The first-order chi connectivity index (χ1) is 13.2. The Morgan fingerprint density at radius 3 is 2.18 bits per heavy atom. The monoisotopic (exact) mass is 394 g/mol. The van der Waals surface area contributed by atoms with Crippen molar-refractivity contribution in [3.05, 3.63) is 65.2 Å². The second kappa shape index (κ2) is 6.30. The molecule has 9 heteroatoms. The van der Waals surface area contributed by atoms with E-state index in [9.17, 15) is 27.2 Å². The maximum Gasteiger partial charge on any atom is 0.332 e. The summed E-state index contributed by atoms with van der Waals surface area (Å²) < 4.78 is 60.1. The van der Waals surface area contributed by atoms with Gasteiger partial charge in [0.1, 0.15) is 35.4 Å². The van der Waals surface area contributed by atoms with Crippen molar-refractivity contribution < 1.29 is 31.9 Å². The summed E-state index contributed by atoms with van der Waals surface area (Å²) in [6.45, 7) is 1.25. The number of halogens is 4. The molecule has 146 valence electrons. The normalized spacial score (nSPS) is 22.8. The highest BCUT2D eigenvalue weighted by molar-refractivity contribution is 6.20. The molecule has 28 heavy (non-hydrogen) atoms. The summed E-state index contributed by atoms with van der Waals surface area (Å²) in [5.41, 5.74) is -1.54. The summed E-state index contributed by atoms with van der Waals surface area (Å²) in [7, 11) is 0. The lowest BCUT2D eigenvalue weighted by Crippen LogP contribution is -2.45. The Labute approximate surface area is 157 Å². The van der Waals surface area contributed by atoms with Crippen molar-refractivity contribution in [1.29, 1.82) is 0 Å². The SMILES string of the molecule is C[C@@H](N1CC(=O)N(c2ccc(F)cc2F)C1=O)[C@@]1(c2ccc(F)cc2F)CO1. The number of urea groups is 1. The third-order valence-corrected chi connectivity index (χ3v) is 5.13. The van der Waals surface area contributed by atoms with E-state index < -0.39 is 46.9 Å². The van der Waals surface area contributed by atoms with Gasteiger partial charge in [0, 0.05) is 17.7 Å². The highest BCUT2D eigenvalue weighted by Crippen LogP contribution is 2.46. The van der Waals surface area contributed by atoms with Crippen LogP contribution >= 0.6 is 0 Å². The Morgan fingerprint density at radius 2 is 1.61 bits per heavy atom. The van der Waals surface area contributed by atoms with Crippen LogP contribution < -0.4 is 4.90 Å². The first-order valence-electron chi connectivity index (χ1n) is 8.43. The third-order valence-electron chi connectivity index (χ3n) is 5.13. The zero-order chi connectivity index (χ0) is 20.2. The van der Waals surface area contributed by atoms with Crippen molar-refractivity contribution in [3.63, 3.8) is 0 Å². The quantitative estimate of drug-likeness (QED) is 0.454. The first kappa shape index (κ1) is 18.4. The van der Waals surface area contributed by atoms with E-state index in [1.165, 1.54) is 6.07 Å². The van der Waals surface area contributed by atoms with Gasteiger partial charge in [0.25, 0.3) is 5.91 Å². The van der Waals surface area contributed by atoms with Crippen LogP contribution in [0.25, 0.3) is 0 Å². The van der Waals surface area contributed by atoms with E-state index in [1.54, 1.807) is 6.92 Å². The molecule has 3 amide bonds. The molecule has 0 aromatic heterocycles. The average Bonchev–Trinajstić information content (AvgIpc) is 3.37. The molecule has 5 nitrogen and oxygen atoms in total. The minimum Gasteiger partial charge on any atom is -0.362 e. The van der Waals surface area contributed by atoms with Gasteiger partial charge in [-0.15, -0.1) is 0 Å². The van der Waals surface area contributed by atoms with Crippen molar-refractivity contribution in [2.24, 2.45) is 0 Å². The third kappa shape index (κ3) is 2.73. The molecule has 0 N–H and O–H groups in total. The first-order valence-corrected chi connectivity index (χ1v) is 8.43. The molecule has 4 rings (SSSR count).